The van der Waals surface area contributed by atoms with Crippen molar-refractivity contribution < 1.29 is 9.84 Å². The number of ether oxygens (including phenoxy) is 1. The summed E-state index contributed by atoms with van der Waals surface area (Å²) in [7, 11) is 1.58. The van der Waals surface area contributed by atoms with E-state index in [9.17, 15) is 5.11 Å². The Morgan fingerprint density at radius 2 is 1.89 bits per heavy atom. The van der Waals surface area contributed by atoms with Crippen LogP contribution in [0.4, 0.5) is 0 Å². The van der Waals surface area contributed by atoms with E-state index < -0.39 is 6.10 Å². The van der Waals surface area contributed by atoms with Gasteiger partial charge in [-0.2, -0.15) is 0 Å². The van der Waals surface area contributed by atoms with Gasteiger partial charge in [-0.05, 0) is 24.3 Å². The summed E-state index contributed by atoms with van der Waals surface area (Å²) in [5.41, 5.74) is 1.43. The van der Waals surface area contributed by atoms with Gasteiger partial charge in [0.15, 0.2) is 0 Å². The molecule has 0 heterocycles. The summed E-state index contributed by atoms with van der Waals surface area (Å²) >= 11 is 9.37. The average molecular weight is 328 g/mol. The van der Waals surface area contributed by atoms with Crippen LogP contribution in [0.25, 0.3) is 0 Å². The van der Waals surface area contributed by atoms with Gasteiger partial charge in [-0.25, -0.2) is 0 Å². The minimum Gasteiger partial charge on any atom is -0.496 e. The average Bonchev–Trinajstić information content (AvgIpc) is 2.40. The molecule has 2 nitrogen and oxygen atoms in total. The third-order valence-electron chi connectivity index (χ3n) is 2.69. The van der Waals surface area contributed by atoms with Crippen molar-refractivity contribution in [1.82, 2.24) is 0 Å². The van der Waals surface area contributed by atoms with E-state index >= 15 is 0 Å². The van der Waals surface area contributed by atoms with E-state index in [1.165, 1.54) is 0 Å². The lowest BCUT2D eigenvalue weighted by atomic mass is 10.0. The van der Waals surface area contributed by atoms with Crippen LogP contribution < -0.4 is 4.74 Å². The number of aliphatic hydroxyl groups is 1. The lowest BCUT2D eigenvalue weighted by Crippen LogP contribution is -2.03. The Labute approximate surface area is 119 Å². The molecule has 0 fully saturated rings. The zero-order valence-corrected chi connectivity index (χ0v) is 12.1. The second-order valence-corrected chi connectivity index (χ2v) is 5.10. The highest BCUT2D eigenvalue weighted by Crippen LogP contribution is 2.34. The highest BCUT2D eigenvalue weighted by atomic mass is 79.9. The van der Waals surface area contributed by atoms with Gasteiger partial charge >= 0.3 is 0 Å². The van der Waals surface area contributed by atoms with Gasteiger partial charge in [0.05, 0.1) is 7.11 Å². The molecule has 0 saturated carbocycles. The first-order chi connectivity index (χ1) is 8.63. The standard InChI is InChI=1S/C14H12BrClO2/c1-18-13-5-3-2-4-10(13)14(17)11-8-9(16)6-7-12(11)15/h2-8,14,17H,1H3. The molecule has 2 aromatic rings. The molecular formula is C14H12BrClO2. The second-order valence-electron chi connectivity index (χ2n) is 3.81. The van der Waals surface area contributed by atoms with Crippen molar-refractivity contribution in [3.63, 3.8) is 0 Å². The summed E-state index contributed by atoms with van der Waals surface area (Å²) in [4.78, 5) is 0. The van der Waals surface area contributed by atoms with Gasteiger partial charge in [-0.1, -0.05) is 45.7 Å². The van der Waals surface area contributed by atoms with Crippen LogP contribution in [0, 0.1) is 0 Å². The molecular weight excluding hydrogens is 316 g/mol. The topological polar surface area (TPSA) is 29.5 Å². The maximum Gasteiger partial charge on any atom is 0.125 e. The van der Waals surface area contributed by atoms with Crippen LogP contribution in [0.2, 0.25) is 5.02 Å². The first-order valence-corrected chi connectivity index (χ1v) is 6.56. The predicted octanol–water partition coefficient (Wildman–Crippen LogP) is 4.19. The molecule has 0 aromatic heterocycles. The largest absolute Gasteiger partial charge is 0.496 e. The summed E-state index contributed by atoms with van der Waals surface area (Å²) in [5.74, 6) is 0.650. The number of para-hydroxylation sites is 1. The monoisotopic (exact) mass is 326 g/mol. The predicted molar refractivity (Wildman–Crippen MR) is 76.2 cm³/mol. The molecule has 1 atom stereocenters. The van der Waals surface area contributed by atoms with Crippen molar-refractivity contribution in [3.8, 4) is 5.75 Å². The van der Waals surface area contributed by atoms with Gasteiger partial charge in [0.1, 0.15) is 11.9 Å². The lowest BCUT2D eigenvalue weighted by molar-refractivity contribution is 0.214. The van der Waals surface area contributed by atoms with Crippen LogP contribution in [0.1, 0.15) is 17.2 Å². The zero-order valence-electron chi connectivity index (χ0n) is 9.73. The highest BCUT2D eigenvalue weighted by molar-refractivity contribution is 9.10. The molecule has 0 saturated heterocycles. The number of methoxy groups -OCH3 is 1. The third kappa shape index (κ3) is 2.69. The minimum atomic E-state index is -0.783. The molecule has 94 valence electrons. The zero-order chi connectivity index (χ0) is 13.1. The SMILES string of the molecule is COc1ccccc1C(O)c1cc(Cl)ccc1Br. The number of hydrogen-bond donors (Lipinski definition) is 1. The molecule has 18 heavy (non-hydrogen) atoms. The van der Waals surface area contributed by atoms with E-state index in [4.69, 9.17) is 16.3 Å². The second kappa shape index (κ2) is 5.74. The molecule has 4 heteroatoms. The van der Waals surface area contributed by atoms with Crippen molar-refractivity contribution in [2.24, 2.45) is 0 Å². The Balaban J connectivity index is 2.47. The van der Waals surface area contributed by atoms with E-state index in [-0.39, 0.29) is 0 Å². The fourth-order valence-corrected chi connectivity index (χ4v) is 2.43. The summed E-state index contributed by atoms with van der Waals surface area (Å²) in [5, 5.41) is 11.0. The summed E-state index contributed by atoms with van der Waals surface area (Å²) < 4.78 is 6.06. The Morgan fingerprint density at radius 3 is 2.61 bits per heavy atom. The maximum atomic E-state index is 10.4. The van der Waals surface area contributed by atoms with Gasteiger partial charge in [0.25, 0.3) is 0 Å². The number of hydrogen-bond acceptors (Lipinski definition) is 2. The van der Waals surface area contributed by atoms with E-state index in [1.54, 1.807) is 19.2 Å². The maximum absolute atomic E-state index is 10.4. The Bertz CT molecular complexity index is 557. The molecule has 1 N–H and O–H groups in total. The van der Waals surface area contributed by atoms with Gasteiger partial charge in [0, 0.05) is 20.6 Å². The fourth-order valence-electron chi connectivity index (χ4n) is 1.78. The highest BCUT2D eigenvalue weighted by Gasteiger charge is 2.17. The summed E-state index contributed by atoms with van der Waals surface area (Å²) in [6, 6.07) is 12.7. The smallest absolute Gasteiger partial charge is 0.125 e. The molecule has 2 aromatic carbocycles. The van der Waals surface area contributed by atoms with Crippen LogP contribution in [0.5, 0.6) is 5.75 Å². The number of rotatable bonds is 3. The van der Waals surface area contributed by atoms with Crippen LogP contribution in [-0.4, -0.2) is 12.2 Å². The summed E-state index contributed by atoms with van der Waals surface area (Å²) in [6.07, 6.45) is -0.783. The minimum absolute atomic E-state index is 0.585. The normalized spacial score (nSPS) is 12.2. The molecule has 2 rings (SSSR count). The molecule has 0 amide bonds. The van der Waals surface area contributed by atoms with Crippen molar-refractivity contribution in [2.75, 3.05) is 7.11 Å². The van der Waals surface area contributed by atoms with Crippen LogP contribution >= 0.6 is 27.5 Å². The van der Waals surface area contributed by atoms with Gasteiger partial charge in [0.2, 0.25) is 0 Å². The Hall–Kier alpha value is -1.03. The summed E-state index contributed by atoms with van der Waals surface area (Å²) in [6.45, 7) is 0. The third-order valence-corrected chi connectivity index (χ3v) is 3.64. The van der Waals surface area contributed by atoms with Crippen molar-refractivity contribution in [1.29, 1.82) is 0 Å². The molecule has 0 spiro atoms. The van der Waals surface area contributed by atoms with Crippen molar-refractivity contribution in [3.05, 3.63) is 63.1 Å². The Kier molecular flexibility index (Phi) is 4.27. The van der Waals surface area contributed by atoms with Crippen molar-refractivity contribution >= 4 is 27.5 Å². The van der Waals surface area contributed by atoms with Crippen LogP contribution in [0.15, 0.2) is 46.9 Å². The quantitative estimate of drug-likeness (QED) is 0.916. The Morgan fingerprint density at radius 1 is 1.17 bits per heavy atom. The van der Waals surface area contributed by atoms with Crippen LogP contribution in [0.3, 0.4) is 0 Å². The molecule has 0 aliphatic carbocycles. The molecule has 0 aliphatic heterocycles. The van der Waals surface area contributed by atoms with Gasteiger partial charge in [-0.15, -0.1) is 0 Å². The molecule has 0 bridgehead atoms. The molecule has 1 unspecified atom stereocenters. The molecule has 0 radical (unpaired) electrons. The number of halogens is 2. The van der Waals surface area contributed by atoms with E-state index in [2.05, 4.69) is 15.9 Å². The fraction of sp³-hybridized carbons (Fsp3) is 0.143. The van der Waals surface area contributed by atoms with Crippen molar-refractivity contribution in [2.45, 2.75) is 6.10 Å². The van der Waals surface area contributed by atoms with E-state index in [0.29, 0.717) is 21.9 Å². The number of aliphatic hydroxyl groups excluding tert-OH is 1. The molecule has 0 aliphatic rings. The van der Waals surface area contributed by atoms with E-state index in [0.717, 1.165) is 4.47 Å². The first kappa shape index (κ1) is 13.4. The first-order valence-electron chi connectivity index (χ1n) is 5.39. The van der Waals surface area contributed by atoms with E-state index in [1.807, 2.05) is 30.3 Å². The lowest BCUT2D eigenvalue weighted by Gasteiger charge is -2.16. The van der Waals surface area contributed by atoms with Crippen LogP contribution in [-0.2, 0) is 0 Å². The van der Waals surface area contributed by atoms with Gasteiger partial charge in [-0.3, -0.25) is 0 Å². The van der Waals surface area contributed by atoms with Gasteiger partial charge < -0.3 is 9.84 Å². The number of benzene rings is 2.